The van der Waals surface area contributed by atoms with Gasteiger partial charge < -0.3 is 14.8 Å². The zero-order valence-corrected chi connectivity index (χ0v) is 17.3. The molecule has 0 aliphatic carbocycles. The number of esters is 1. The largest absolute Gasteiger partial charge is 0.459 e. The van der Waals surface area contributed by atoms with Crippen molar-refractivity contribution >= 4 is 18.0 Å². The number of ether oxygens (including phenoxy) is 2. The quantitative estimate of drug-likeness (QED) is 0.544. The van der Waals surface area contributed by atoms with E-state index >= 15 is 0 Å². The van der Waals surface area contributed by atoms with E-state index in [9.17, 15) is 14.4 Å². The van der Waals surface area contributed by atoms with Gasteiger partial charge >= 0.3 is 12.1 Å². The third kappa shape index (κ3) is 10.5. The molecule has 156 valence electrons. The Kier molecular flexibility index (Phi) is 8.43. The second kappa shape index (κ2) is 10.1. The van der Waals surface area contributed by atoms with Crippen LogP contribution in [-0.2, 0) is 30.5 Å². The second-order valence-electron chi connectivity index (χ2n) is 8.24. The zero-order valence-electron chi connectivity index (χ0n) is 17.3. The molecule has 0 aliphatic rings. The first-order valence-corrected chi connectivity index (χ1v) is 9.03. The number of hydrogen-bond donors (Lipinski definition) is 2. The van der Waals surface area contributed by atoms with E-state index in [0.29, 0.717) is 0 Å². The molecule has 0 radical (unpaired) electrons. The van der Waals surface area contributed by atoms with Crippen LogP contribution in [-0.4, -0.2) is 35.2 Å². The summed E-state index contributed by atoms with van der Waals surface area (Å²) < 4.78 is 10.4. The highest BCUT2D eigenvalue weighted by Gasteiger charge is 2.28. The molecule has 0 aliphatic heterocycles. The van der Waals surface area contributed by atoms with Gasteiger partial charge in [-0.15, -0.1) is 0 Å². The zero-order chi connectivity index (χ0) is 21.4. The van der Waals surface area contributed by atoms with Crippen LogP contribution in [0.15, 0.2) is 30.3 Å². The lowest BCUT2D eigenvalue weighted by Gasteiger charge is -2.23. The van der Waals surface area contributed by atoms with Crippen molar-refractivity contribution in [3.8, 4) is 0 Å². The maximum Gasteiger partial charge on any atom is 0.408 e. The summed E-state index contributed by atoms with van der Waals surface area (Å²) in [7, 11) is 0. The van der Waals surface area contributed by atoms with Crippen molar-refractivity contribution in [2.45, 2.75) is 71.8 Å². The van der Waals surface area contributed by atoms with Gasteiger partial charge in [-0.3, -0.25) is 9.63 Å². The molecule has 0 unspecified atom stereocenters. The maximum absolute atomic E-state index is 12.4. The van der Waals surface area contributed by atoms with Crippen LogP contribution in [0, 0.1) is 0 Å². The van der Waals surface area contributed by atoms with Gasteiger partial charge in [-0.1, -0.05) is 30.3 Å². The highest BCUT2D eigenvalue weighted by atomic mass is 16.7. The smallest absolute Gasteiger partial charge is 0.408 e. The number of benzene rings is 1. The number of hydroxylamine groups is 1. The molecule has 1 aromatic rings. The Morgan fingerprint density at radius 1 is 0.964 bits per heavy atom. The molecule has 1 rings (SSSR count). The van der Waals surface area contributed by atoms with Crippen LogP contribution < -0.4 is 10.8 Å². The molecular weight excluding hydrogens is 364 g/mol. The molecule has 0 spiro atoms. The Hall–Kier alpha value is -2.61. The average Bonchev–Trinajstić information content (AvgIpc) is 2.56. The third-order valence-corrected chi connectivity index (χ3v) is 3.06. The molecule has 0 saturated carbocycles. The fourth-order valence-electron chi connectivity index (χ4n) is 1.91. The summed E-state index contributed by atoms with van der Waals surface area (Å²) in [6, 6.07) is 7.86. The molecule has 2 amide bonds. The molecule has 0 saturated heterocycles. The van der Waals surface area contributed by atoms with Crippen LogP contribution in [0.4, 0.5) is 4.79 Å². The molecule has 0 aromatic heterocycles. The van der Waals surface area contributed by atoms with E-state index < -0.39 is 35.2 Å². The normalized spacial score (nSPS) is 12.6. The molecule has 8 nitrogen and oxygen atoms in total. The Bertz CT molecular complexity index is 662. The first kappa shape index (κ1) is 23.4. The number of rotatable bonds is 7. The van der Waals surface area contributed by atoms with Gasteiger partial charge in [0.15, 0.2) is 0 Å². The molecule has 0 fully saturated rings. The van der Waals surface area contributed by atoms with Gasteiger partial charge in [0.1, 0.15) is 18.2 Å². The molecule has 1 aromatic carbocycles. The number of carbonyl (C=O) groups is 3. The summed E-state index contributed by atoms with van der Waals surface area (Å²) in [5, 5.41) is 2.39. The van der Waals surface area contributed by atoms with Crippen LogP contribution in [0.5, 0.6) is 0 Å². The van der Waals surface area contributed by atoms with Crippen molar-refractivity contribution in [3.63, 3.8) is 0 Å². The van der Waals surface area contributed by atoms with E-state index in [1.165, 1.54) is 0 Å². The lowest BCUT2D eigenvalue weighted by Crippen LogP contribution is -2.47. The van der Waals surface area contributed by atoms with Gasteiger partial charge in [-0.25, -0.2) is 15.1 Å². The predicted molar refractivity (Wildman–Crippen MR) is 103 cm³/mol. The average molecular weight is 394 g/mol. The minimum absolute atomic E-state index is 0.0201. The fraction of sp³-hybridized carbons (Fsp3) is 0.550. The molecule has 28 heavy (non-hydrogen) atoms. The summed E-state index contributed by atoms with van der Waals surface area (Å²) in [5.41, 5.74) is 1.70. The van der Waals surface area contributed by atoms with Gasteiger partial charge in [0.2, 0.25) is 5.91 Å². The summed E-state index contributed by atoms with van der Waals surface area (Å²) >= 11 is 0. The second-order valence-corrected chi connectivity index (χ2v) is 8.24. The molecule has 0 heterocycles. The fourth-order valence-corrected chi connectivity index (χ4v) is 1.91. The van der Waals surface area contributed by atoms with Crippen molar-refractivity contribution in [1.82, 2.24) is 10.8 Å². The van der Waals surface area contributed by atoms with Gasteiger partial charge in [0.25, 0.3) is 0 Å². The van der Waals surface area contributed by atoms with Crippen molar-refractivity contribution in [1.29, 1.82) is 0 Å². The number of amides is 2. The van der Waals surface area contributed by atoms with E-state index in [0.717, 1.165) is 5.56 Å². The highest BCUT2D eigenvalue weighted by molar-refractivity contribution is 5.87. The SMILES string of the molecule is CC(C)(C)ONC(=O)C[C@H](NC(=O)OC(C)(C)C)C(=O)OCc1ccccc1. The van der Waals surface area contributed by atoms with Crippen molar-refractivity contribution < 1.29 is 28.7 Å². The van der Waals surface area contributed by atoms with Crippen LogP contribution in [0.1, 0.15) is 53.5 Å². The lowest BCUT2D eigenvalue weighted by molar-refractivity contribution is -0.153. The molecule has 1 atom stereocenters. The van der Waals surface area contributed by atoms with Crippen molar-refractivity contribution in [3.05, 3.63) is 35.9 Å². The van der Waals surface area contributed by atoms with Gasteiger partial charge in [0, 0.05) is 0 Å². The predicted octanol–water partition coefficient (Wildman–Crippen LogP) is 2.86. The first-order chi connectivity index (χ1) is 12.9. The minimum Gasteiger partial charge on any atom is -0.459 e. The topological polar surface area (TPSA) is 103 Å². The standard InChI is InChI=1S/C20H30N2O6/c1-19(2,3)27-18(25)21-15(12-16(23)22-28-20(4,5)6)17(24)26-13-14-10-8-7-9-11-14/h7-11,15H,12-13H2,1-6H3,(H,21,25)(H,22,23)/t15-/m0/s1. The van der Waals surface area contributed by atoms with Crippen molar-refractivity contribution in [2.75, 3.05) is 0 Å². The van der Waals surface area contributed by atoms with Gasteiger partial charge in [-0.2, -0.15) is 0 Å². The van der Waals surface area contributed by atoms with Crippen LogP contribution in [0.2, 0.25) is 0 Å². The molecule has 2 N–H and O–H groups in total. The summed E-state index contributed by atoms with van der Waals surface area (Å²) in [6.07, 6.45) is -1.18. The third-order valence-electron chi connectivity index (χ3n) is 3.06. The summed E-state index contributed by atoms with van der Waals surface area (Å²) in [5.74, 6) is -1.33. The van der Waals surface area contributed by atoms with E-state index in [-0.39, 0.29) is 13.0 Å². The van der Waals surface area contributed by atoms with E-state index in [4.69, 9.17) is 14.3 Å². The maximum atomic E-state index is 12.4. The Morgan fingerprint density at radius 2 is 1.57 bits per heavy atom. The van der Waals surface area contributed by atoms with Gasteiger partial charge in [0.05, 0.1) is 12.0 Å². The van der Waals surface area contributed by atoms with Crippen LogP contribution in [0.3, 0.4) is 0 Å². The first-order valence-electron chi connectivity index (χ1n) is 9.03. The minimum atomic E-state index is -1.22. The number of alkyl carbamates (subject to hydrolysis) is 1. The number of carbonyl (C=O) groups excluding carboxylic acids is 3. The Balaban J connectivity index is 2.73. The Labute approximate surface area is 165 Å². The summed E-state index contributed by atoms with van der Waals surface area (Å²) in [6.45, 7) is 10.4. The molecule has 0 bridgehead atoms. The highest BCUT2D eigenvalue weighted by Crippen LogP contribution is 2.09. The lowest BCUT2D eigenvalue weighted by atomic mass is 10.2. The van der Waals surface area contributed by atoms with E-state index in [1.807, 2.05) is 18.2 Å². The van der Waals surface area contributed by atoms with Gasteiger partial charge in [-0.05, 0) is 47.1 Å². The van der Waals surface area contributed by atoms with Crippen LogP contribution in [0.25, 0.3) is 0 Å². The Morgan fingerprint density at radius 3 is 2.11 bits per heavy atom. The molecular formula is C20H30N2O6. The number of nitrogens with one attached hydrogen (secondary N) is 2. The van der Waals surface area contributed by atoms with Crippen molar-refractivity contribution in [2.24, 2.45) is 0 Å². The van der Waals surface area contributed by atoms with E-state index in [2.05, 4.69) is 10.8 Å². The summed E-state index contributed by atoms with van der Waals surface area (Å²) in [4.78, 5) is 41.8. The van der Waals surface area contributed by atoms with Crippen LogP contribution >= 0.6 is 0 Å². The molecule has 8 heteroatoms. The monoisotopic (exact) mass is 394 g/mol. The number of hydrogen-bond acceptors (Lipinski definition) is 6. The van der Waals surface area contributed by atoms with E-state index in [1.54, 1.807) is 53.7 Å².